The smallest absolute Gasteiger partial charge is 0.243 e. The largest absolute Gasteiger partial charge is 0.382 e. The fraction of sp³-hybridized carbons (Fsp3) is 0.579. The van der Waals surface area contributed by atoms with Crippen molar-refractivity contribution in [3.05, 3.63) is 35.9 Å². The van der Waals surface area contributed by atoms with Crippen LogP contribution < -0.4 is 10.6 Å². The Labute approximate surface area is 174 Å². The second-order valence-corrected chi connectivity index (χ2v) is 6.06. The number of aliphatic imine (C=N–C) groups is 1. The van der Waals surface area contributed by atoms with Gasteiger partial charge in [0, 0.05) is 33.9 Å². The van der Waals surface area contributed by atoms with Gasteiger partial charge in [-0.15, -0.1) is 24.0 Å². The van der Waals surface area contributed by atoms with Crippen molar-refractivity contribution in [3.8, 4) is 0 Å². The summed E-state index contributed by atoms with van der Waals surface area (Å²) < 4.78 is 5.34. The summed E-state index contributed by atoms with van der Waals surface area (Å²) in [5.74, 6) is 0.632. The fourth-order valence-corrected chi connectivity index (χ4v) is 2.15. The highest BCUT2D eigenvalue weighted by Crippen LogP contribution is 2.10. The number of likely N-dealkylation sites (N-methyl/N-ethyl adjacent to an activating group) is 1. The molecule has 0 aliphatic rings. The highest BCUT2D eigenvalue weighted by molar-refractivity contribution is 14.0. The van der Waals surface area contributed by atoms with Gasteiger partial charge in [0.2, 0.25) is 5.91 Å². The van der Waals surface area contributed by atoms with Crippen LogP contribution in [0.25, 0.3) is 0 Å². The molecule has 0 heterocycles. The Morgan fingerprint density at radius 3 is 2.54 bits per heavy atom. The number of hydrogen-bond acceptors (Lipinski definition) is 3. The molecule has 1 amide bonds. The Morgan fingerprint density at radius 2 is 1.92 bits per heavy atom. The Kier molecular flexibility index (Phi) is 14.0. The van der Waals surface area contributed by atoms with Crippen LogP contribution in [0, 0.1) is 0 Å². The van der Waals surface area contributed by atoms with Crippen LogP contribution in [0.1, 0.15) is 38.3 Å². The SMILES string of the molecule is CCOCCCCNC(=NCC(=O)N(C)C)NC(C)c1ccccc1.I. The van der Waals surface area contributed by atoms with E-state index < -0.39 is 0 Å². The molecule has 1 rings (SSSR count). The topological polar surface area (TPSA) is 66.0 Å². The zero-order valence-corrected chi connectivity index (χ0v) is 18.7. The minimum absolute atomic E-state index is 0. The predicted octanol–water partition coefficient (Wildman–Crippen LogP) is 2.81. The fourth-order valence-electron chi connectivity index (χ4n) is 2.15. The summed E-state index contributed by atoms with van der Waals surface area (Å²) in [5.41, 5.74) is 1.17. The molecule has 0 bridgehead atoms. The number of amides is 1. The van der Waals surface area contributed by atoms with Gasteiger partial charge in [-0.25, -0.2) is 4.99 Å². The Bertz CT molecular complexity index is 524. The molecular formula is C19H33IN4O2. The number of ether oxygens (including phenoxy) is 1. The van der Waals surface area contributed by atoms with Crippen molar-refractivity contribution >= 4 is 35.8 Å². The van der Waals surface area contributed by atoms with Gasteiger partial charge in [0.25, 0.3) is 0 Å². The van der Waals surface area contributed by atoms with Gasteiger partial charge in [-0.2, -0.15) is 0 Å². The summed E-state index contributed by atoms with van der Waals surface area (Å²) in [6, 6.07) is 10.3. The van der Waals surface area contributed by atoms with Crippen molar-refractivity contribution in [1.82, 2.24) is 15.5 Å². The lowest BCUT2D eigenvalue weighted by atomic mass is 10.1. The second-order valence-electron chi connectivity index (χ2n) is 6.06. The molecule has 1 aromatic carbocycles. The van der Waals surface area contributed by atoms with E-state index in [1.165, 1.54) is 5.56 Å². The highest BCUT2D eigenvalue weighted by atomic mass is 127. The number of benzene rings is 1. The number of unbranched alkanes of at least 4 members (excludes halogenated alkanes) is 1. The zero-order valence-electron chi connectivity index (χ0n) is 16.3. The molecule has 6 nitrogen and oxygen atoms in total. The Morgan fingerprint density at radius 1 is 1.23 bits per heavy atom. The number of carbonyl (C=O) groups is 1. The molecule has 0 aliphatic heterocycles. The Hall–Kier alpha value is -1.35. The van der Waals surface area contributed by atoms with Crippen molar-refractivity contribution < 1.29 is 9.53 Å². The third kappa shape index (κ3) is 10.6. The first-order chi connectivity index (χ1) is 12.0. The van der Waals surface area contributed by atoms with Gasteiger partial charge < -0.3 is 20.3 Å². The molecule has 1 atom stereocenters. The maximum absolute atomic E-state index is 11.8. The van der Waals surface area contributed by atoms with E-state index in [4.69, 9.17) is 4.74 Å². The van der Waals surface area contributed by atoms with Crippen molar-refractivity contribution in [2.45, 2.75) is 32.7 Å². The van der Waals surface area contributed by atoms with Crippen LogP contribution >= 0.6 is 24.0 Å². The molecule has 2 N–H and O–H groups in total. The van der Waals surface area contributed by atoms with Crippen LogP contribution in [0.4, 0.5) is 0 Å². The lowest BCUT2D eigenvalue weighted by molar-refractivity contribution is -0.127. The molecule has 0 saturated carbocycles. The zero-order chi connectivity index (χ0) is 18.5. The lowest BCUT2D eigenvalue weighted by Crippen LogP contribution is -2.40. The second kappa shape index (κ2) is 14.8. The van der Waals surface area contributed by atoms with Gasteiger partial charge in [-0.3, -0.25) is 4.79 Å². The number of guanidine groups is 1. The molecule has 26 heavy (non-hydrogen) atoms. The van der Waals surface area contributed by atoms with Crippen LogP contribution in [0.5, 0.6) is 0 Å². The molecule has 148 valence electrons. The third-order valence-electron chi connectivity index (χ3n) is 3.74. The summed E-state index contributed by atoms with van der Waals surface area (Å²) in [6.45, 7) is 6.52. The number of nitrogens with zero attached hydrogens (tertiary/aromatic N) is 2. The minimum atomic E-state index is -0.0233. The summed E-state index contributed by atoms with van der Waals surface area (Å²) in [4.78, 5) is 17.8. The van der Waals surface area contributed by atoms with Gasteiger partial charge in [0.1, 0.15) is 6.54 Å². The first-order valence-electron chi connectivity index (χ1n) is 8.92. The van der Waals surface area contributed by atoms with E-state index >= 15 is 0 Å². The molecule has 1 unspecified atom stereocenters. The van der Waals surface area contributed by atoms with Gasteiger partial charge in [0.05, 0.1) is 6.04 Å². The molecule has 0 radical (unpaired) electrons. The van der Waals surface area contributed by atoms with Crippen LogP contribution in [-0.4, -0.2) is 57.2 Å². The van der Waals surface area contributed by atoms with Gasteiger partial charge in [0.15, 0.2) is 5.96 Å². The molecule has 0 fully saturated rings. The van der Waals surface area contributed by atoms with Gasteiger partial charge in [-0.05, 0) is 32.3 Å². The number of rotatable bonds is 10. The first-order valence-corrected chi connectivity index (χ1v) is 8.92. The van der Waals surface area contributed by atoms with Crippen LogP contribution in [0.3, 0.4) is 0 Å². The van der Waals surface area contributed by atoms with E-state index in [-0.39, 0.29) is 42.5 Å². The van der Waals surface area contributed by atoms with Crippen LogP contribution in [-0.2, 0) is 9.53 Å². The maximum atomic E-state index is 11.8. The summed E-state index contributed by atoms with van der Waals surface area (Å²) in [6.07, 6.45) is 1.99. The van der Waals surface area contributed by atoms with E-state index in [9.17, 15) is 4.79 Å². The quantitative estimate of drug-likeness (QED) is 0.236. The molecule has 0 aromatic heterocycles. The molecule has 0 spiro atoms. The van der Waals surface area contributed by atoms with Crippen molar-refractivity contribution in [3.63, 3.8) is 0 Å². The monoisotopic (exact) mass is 476 g/mol. The van der Waals surface area contributed by atoms with E-state index in [0.29, 0.717) is 5.96 Å². The molecule has 0 saturated heterocycles. The van der Waals surface area contributed by atoms with Gasteiger partial charge >= 0.3 is 0 Å². The van der Waals surface area contributed by atoms with E-state index in [1.807, 2.05) is 25.1 Å². The minimum Gasteiger partial charge on any atom is -0.382 e. The molecular weight excluding hydrogens is 443 g/mol. The first kappa shape index (κ1) is 24.7. The average molecular weight is 476 g/mol. The number of nitrogens with one attached hydrogen (secondary N) is 2. The number of halogens is 1. The summed E-state index contributed by atoms with van der Waals surface area (Å²) in [5, 5.41) is 6.67. The Balaban J connectivity index is 0.00000625. The maximum Gasteiger partial charge on any atom is 0.243 e. The van der Waals surface area contributed by atoms with Crippen LogP contribution in [0.2, 0.25) is 0 Å². The summed E-state index contributed by atoms with van der Waals surface area (Å²) in [7, 11) is 3.47. The van der Waals surface area contributed by atoms with Crippen LogP contribution in [0.15, 0.2) is 35.3 Å². The van der Waals surface area contributed by atoms with E-state index in [1.54, 1.807) is 19.0 Å². The average Bonchev–Trinajstić information content (AvgIpc) is 2.62. The standard InChI is InChI=1S/C19H32N4O2.HI/c1-5-25-14-10-9-13-20-19(21-15-18(24)23(3)4)22-16(2)17-11-7-6-8-12-17;/h6-8,11-12,16H,5,9-10,13-15H2,1-4H3,(H2,20,21,22);1H. The molecule has 7 heteroatoms. The predicted molar refractivity (Wildman–Crippen MR) is 118 cm³/mol. The molecule has 1 aromatic rings. The molecule has 0 aliphatic carbocycles. The normalized spacial score (nSPS) is 12.1. The summed E-state index contributed by atoms with van der Waals surface area (Å²) >= 11 is 0. The third-order valence-corrected chi connectivity index (χ3v) is 3.74. The van der Waals surface area contributed by atoms with Crippen molar-refractivity contribution in [1.29, 1.82) is 0 Å². The van der Waals surface area contributed by atoms with Crippen molar-refractivity contribution in [2.24, 2.45) is 4.99 Å². The lowest BCUT2D eigenvalue weighted by Gasteiger charge is -2.19. The van der Waals surface area contributed by atoms with E-state index in [0.717, 1.165) is 32.6 Å². The van der Waals surface area contributed by atoms with Crippen molar-refractivity contribution in [2.75, 3.05) is 40.4 Å². The highest BCUT2D eigenvalue weighted by Gasteiger charge is 2.09. The van der Waals surface area contributed by atoms with E-state index in [2.05, 4.69) is 34.7 Å². The number of hydrogen-bond donors (Lipinski definition) is 2. The van der Waals surface area contributed by atoms with Gasteiger partial charge in [-0.1, -0.05) is 30.3 Å². The number of carbonyl (C=O) groups excluding carboxylic acids is 1.